The molecule has 0 bridgehead atoms. The van der Waals surface area contributed by atoms with E-state index in [1.54, 1.807) is 18.2 Å². The third-order valence-electron chi connectivity index (χ3n) is 2.80. The predicted octanol–water partition coefficient (Wildman–Crippen LogP) is 1.14. The first kappa shape index (κ1) is 15.6. The molecule has 2 rings (SSSR count). The van der Waals surface area contributed by atoms with Crippen molar-refractivity contribution >= 4 is 17.8 Å². The van der Waals surface area contributed by atoms with Gasteiger partial charge in [0.25, 0.3) is 11.7 Å². The first-order valence-corrected chi connectivity index (χ1v) is 6.44. The molecule has 0 unspecified atom stereocenters. The standard InChI is InChI=1S/C15H15NO6/c1-15(2)21-13(18)11(14(19)22-15)8-16-12(17)9-5-4-6-10(7-9)20-3/h4-8H,1-3H3,(H,16,17). The Hall–Kier alpha value is -2.83. The first-order valence-electron chi connectivity index (χ1n) is 6.44. The molecule has 7 heteroatoms. The van der Waals surface area contributed by atoms with Crippen LogP contribution in [0.4, 0.5) is 0 Å². The van der Waals surface area contributed by atoms with Crippen LogP contribution in [-0.4, -0.2) is 30.7 Å². The molecule has 0 aromatic heterocycles. The van der Waals surface area contributed by atoms with Gasteiger partial charge in [0.2, 0.25) is 0 Å². The van der Waals surface area contributed by atoms with E-state index in [-0.39, 0.29) is 5.57 Å². The van der Waals surface area contributed by atoms with Gasteiger partial charge in [-0.25, -0.2) is 9.59 Å². The summed E-state index contributed by atoms with van der Waals surface area (Å²) < 4.78 is 14.8. The first-order chi connectivity index (χ1) is 10.3. The van der Waals surface area contributed by atoms with Crippen LogP contribution in [0.25, 0.3) is 0 Å². The van der Waals surface area contributed by atoms with Crippen LogP contribution < -0.4 is 10.1 Å². The molecule has 0 spiro atoms. The van der Waals surface area contributed by atoms with Crippen molar-refractivity contribution in [2.75, 3.05) is 7.11 Å². The van der Waals surface area contributed by atoms with Gasteiger partial charge in [0, 0.05) is 25.6 Å². The molecule has 1 aliphatic heterocycles. The van der Waals surface area contributed by atoms with E-state index in [0.717, 1.165) is 6.20 Å². The summed E-state index contributed by atoms with van der Waals surface area (Å²) >= 11 is 0. The summed E-state index contributed by atoms with van der Waals surface area (Å²) in [5, 5.41) is 2.35. The minimum Gasteiger partial charge on any atom is -0.497 e. The zero-order chi connectivity index (χ0) is 16.3. The van der Waals surface area contributed by atoms with Gasteiger partial charge in [-0.1, -0.05) is 6.07 Å². The Morgan fingerprint density at radius 1 is 1.23 bits per heavy atom. The van der Waals surface area contributed by atoms with Crippen molar-refractivity contribution in [3.63, 3.8) is 0 Å². The van der Waals surface area contributed by atoms with Gasteiger partial charge in [0.05, 0.1) is 7.11 Å². The van der Waals surface area contributed by atoms with Crippen LogP contribution in [-0.2, 0) is 19.1 Å². The van der Waals surface area contributed by atoms with Gasteiger partial charge >= 0.3 is 11.9 Å². The normalized spacial score (nSPS) is 16.4. The largest absolute Gasteiger partial charge is 0.497 e. The average molecular weight is 305 g/mol. The highest BCUT2D eigenvalue weighted by molar-refractivity contribution is 6.15. The number of carbonyl (C=O) groups excluding carboxylic acids is 3. The molecular formula is C15H15NO6. The number of hydrogen-bond acceptors (Lipinski definition) is 6. The third kappa shape index (κ3) is 3.43. The van der Waals surface area contributed by atoms with Gasteiger partial charge in [0.15, 0.2) is 5.57 Å². The topological polar surface area (TPSA) is 90.9 Å². The molecule has 1 aromatic carbocycles. The summed E-state index contributed by atoms with van der Waals surface area (Å²) in [5.41, 5.74) is -0.0651. The van der Waals surface area contributed by atoms with Crippen LogP contribution in [0.5, 0.6) is 5.75 Å². The van der Waals surface area contributed by atoms with Gasteiger partial charge in [-0.2, -0.15) is 0 Å². The molecule has 1 aromatic rings. The number of benzene rings is 1. The van der Waals surface area contributed by atoms with Gasteiger partial charge in [-0.15, -0.1) is 0 Å². The lowest BCUT2D eigenvalue weighted by molar-refractivity contribution is -0.222. The van der Waals surface area contributed by atoms with Crippen LogP contribution in [0, 0.1) is 0 Å². The number of cyclic esters (lactones) is 2. The summed E-state index contributed by atoms with van der Waals surface area (Å²) in [6, 6.07) is 6.42. The number of carbonyl (C=O) groups is 3. The molecule has 22 heavy (non-hydrogen) atoms. The Balaban J connectivity index is 2.12. The molecule has 1 heterocycles. The van der Waals surface area contributed by atoms with Gasteiger partial charge < -0.3 is 19.5 Å². The van der Waals surface area contributed by atoms with E-state index in [9.17, 15) is 14.4 Å². The third-order valence-corrected chi connectivity index (χ3v) is 2.80. The molecule has 0 saturated carbocycles. The Morgan fingerprint density at radius 2 is 1.86 bits per heavy atom. The van der Waals surface area contributed by atoms with E-state index in [1.165, 1.54) is 27.0 Å². The smallest absolute Gasteiger partial charge is 0.350 e. The molecule has 1 N–H and O–H groups in total. The lowest BCUT2D eigenvalue weighted by Gasteiger charge is -2.29. The average Bonchev–Trinajstić information content (AvgIpc) is 2.45. The lowest BCUT2D eigenvalue weighted by atomic mass is 10.2. The van der Waals surface area contributed by atoms with Crippen molar-refractivity contribution in [2.45, 2.75) is 19.6 Å². The fraction of sp³-hybridized carbons (Fsp3) is 0.267. The van der Waals surface area contributed by atoms with E-state index in [4.69, 9.17) is 14.2 Å². The predicted molar refractivity (Wildman–Crippen MR) is 74.8 cm³/mol. The Bertz CT molecular complexity index is 640. The number of nitrogens with one attached hydrogen (secondary N) is 1. The Kier molecular flexibility index (Phi) is 4.16. The summed E-state index contributed by atoms with van der Waals surface area (Å²) in [5.74, 6) is -3.02. The summed E-state index contributed by atoms with van der Waals surface area (Å²) in [4.78, 5) is 35.4. The number of hydrogen-bond donors (Lipinski definition) is 1. The molecule has 116 valence electrons. The highest BCUT2D eigenvalue weighted by atomic mass is 16.7. The molecule has 0 radical (unpaired) electrons. The van der Waals surface area contributed by atoms with E-state index >= 15 is 0 Å². The number of ether oxygens (including phenoxy) is 3. The van der Waals surface area contributed by atoms with Gasteiger partial charge in [-0.3, -0.25) is 4.79 Å². The second-order valence-electron chi connectivity index (χ2n) is 4.94. The second kappa shape index (κ2) is 5.88. The number of esters is 2. The zero-order valence-electron chi connectivity index (χ0n) is 12.3. The van der Waals surface area contributed by atoms with Crippen LogP contribution in [0.15, 0.2) is 36.0 Å². The van der Waals surface area contributed by atoms with Crippen LogP contribution in [0.3, 0.4) is 0 Å². The molecule has 1 aliphatic rings. The monoisotopic (exact) mass is 305 g/mol. The maximum Gasteiger partial charge on any atom is 0.350 e. The van der Waals surface area contributed by atoms with Crippen LogP contribution in [0.2, 0.25) is 0 Å². The molecule has 1 fully saturated rings. The summed E-state index contributed by atoms with van der Waals surface area (Å²) in [7, 11) is 1.48. The minimum atomic E-state index is -1.32. The van der Waals surface area contributed by atoms with E-state index in [2.05, 4.69) is 5.32 Å². The van der Waals surface area contributed by atoms with Crippen LogP contribution in [0.1, 0.15) is 24.2 Å². The minimum absolute atomic E-state index is 0.314. The molecular weight excluding hydrogens is 290 g/mol. The van der Waals surface area contributed by atoms with E-state index in [0.29, 0.717) is 11.3 Å². The van der Waals surface area contributed by atoms with Crippen LogP contribution >= 0.6 is 0 Å². The fourth-order valence-electron chi connectivity index (χ4n) is 1.76. The van der Waals surface area contributed by atoms with Crippen molar-refractivity contribution in [3.8, 4) is 5.75 Å². The molecule has 0 atom stereocenters. The molecule has 0 aliphatic carbocycles. The molecule has 7 nitrogen and oxygen atoms in total. The maximum absolute atomic E-state index is 12.0. The maximum atomic E-state index is 12.0. The van der Waals surface area contributed by atoms with Gasteiger partial charge in [-0.05, 0) is 18.2 Å². The van der Waals surface area contributed by atoms with Crippen molar-refractivity contribution in [2.24, 2.45) is 0 Å². The van der Waals surface area contributed by atoms with E-state index in [1.807, 2.05) is 0 Å². The summed E-state index contributed by atoms with van der Waals surface area (Å²) in [6.45, 7) is 2.88. The molecule has 1 amide bonds. The van der Waals surface area contributed by atoms with Crippen molar-refractivity contribution in [1.29, 1.82) is 0 Å². The molecule has 1 saturated heterocycles. The quantitative estimate of drug-likeness (QED) is 0.511. The number of amides is 1. The highest BCUT2D eigenvalue weighted by Crippen LogP contribution is 2.22. The second-order valence-corrected chi connectivity index (χ2v) is 4.94. The van der Waals surface area contributed by atoms with E-state index < -0.39 is 23.6 Å². The van der Waals surface area contributed by atoms with Gasteiger partial charge in [0.1, 0.15) is 5.75 Å². The van der Waals surface area contributed by atoms with Crippen molar-refractivity contribution in [3.05, 3.63) is 41.6 Å². The lowest BCUT2D eigenvalue weighted by Crippen LogP contribution is -2.42. The van der Waals surface area contributed by atoms with Crippen molar-refractivity contribution in [1.82, 2.24) is 5.32 Å². The Morgan fingerprint density at radius 3 is 2.45 bits per heavy atom. The van der Waals surface area contributed by atoms with Crippen molar-refractivity contribution < 1.29 is 28.6 Å². The fourth-order valence-corrected chi connectivity index (χ4v) is 1.76. The summed E-state index contributed by atoms with van der Waals surface area (Å²) in [6.07, 6.45) is 0.974. The highest BCUT2D eigenvalue weighted by Gasteiger charge is 2.39. The number of rotatable bonds is 3. The Labute approximate surface area is 126 Å². The zero-order valence-corrected chi connectivity index (χ0v) is 12.3. The SMILES string of the molecule is COc1cccc(C(=O)NC=C2C(=O)OC(C)(C)OC2=O)c1. The number of methoxy groups -OCH3 is 1.